The molecule has 1 aliphatic heterocycles. The van der Waals surface area contributed by atoms with E-state index < -0.39 is 114 Å². The van der Waals surface area contributed by atoms with Gasteiger partial charge in [-0.25, -0.2) is 29.1 Å². The fourth-order valence-electron chi connectivity index (χ4n) is 9.18. The molecule has 1 aliphatic rings. The fraction of sp³-hybridized carbons (Fsp3) is 0.746. The Morgan fingerprint density at radius 3 is 1.21 bits per heavy atom. The van der Waals surface area contributed by atoms with Gasteiger partial charge in [0.15, 0.2) is 0 Å². The molecule has 0 saturated carbocycles. The van der Waals surface area contributed by atoms with Crippen molar-refractivity contribution in [2.45, 2.75) is 211 Å². The SMILES string of the molecule is COC(=O)NCC(NC(=O)OCc1nc(C)cs1)C(=O)NC(CC(C)C)C(O)CC(C)C(=O)NC(C(=O)NCC(C)C)C(C)C.Cc1csc(COC(=O)NC(CNC(=O)OC2CCOC2)C(=O)NC(CC(C)C)C(O)CC(C)C(=O)NC(C(=O)NCC(C)C)C(C)C)n1. The molecule has 2 aromatic heterocycles. The lowest BCUT2D eigenvalue weighted by Crippen LogP contribution is -2.57. The molecule has 1 saturated heterocycles. The van der Waals surface area contributed by atoms with Crippen LogP contribution in [0.5, 0.6) is 0 Å². The van der Waals surface area contributed by atoms with E-state index in [1.165, 1.54) is 22.7 Å². The Morgan fingerprint density at radius 2 is 0.894 bits per heavy atom. The molecule has 2 aromatic rings. The van der Waals surface area contributed by atoms with E-state index >= 15 is 0 Å². The number of aryl methyl sites for hydroxylation is 2. The van der Waals surface area contributed by atoms with Crippen molar-refractivity contribution in [3.63, 3.8) is 0 Å². The summed E-state index contributed by atoms with van der Waals surface area (Å²) in [6, 6.07) is -5.65. The number of thiazole rings is 2. The van der Waals surface area contributed by atoms with Gasteiger partial charge in [0.1, 0.15) is 53.5 Å². The standard InChI is InChI=1S/C33H56N6O9S.C30H52N6O8S/c1-18(2)11-24(26(40)12-21(7)29(41)39-28(20(5)6)31(43)34-13-19(3)4)37-30(42)25(14-35-32(44)48-23-9-10-46-15-23)38-33(45)47-16-27-36-22(8)17-49-27;1-16(2)10-21(23(37)11-19(7)26(38)36-25(18(5)6)28(40)31-12-17(3)4)34-27(39)22(13-32-29(41)43-9)35-30(42)44-14-24-33-20(8)15-45-24/h17-21,23-26,28,40H,9-16H2,1-8H3,(H,34,43)(H,35,44)(H,37,42)(H,38,45)(H,39,41);15-19,21-23,25,37H,10-14H2,1-9H3,(H,31,40)(H,32,41)(H,34,39)(H,35,42)(H,36,38). The maximum atomic E-state index is 13.6. The van der Waals surface area contributed by atoms with E-state index in [4.69, 9.17) is 18.9 Å². The second-order valence-corrected chi connectivity index (χ2v) is 28.0. The molecule has 3 rings (SSSR count). The maximum absolute atomic E-state index is 13.6. The number of alkyl carbamates (subject to hydrolysis) is 4. The molecule has 94 heavy (non-hydrogen) atoms. The molecule has 11 atom stereocenters. The first kappa shape index (κ1) is 83.1. The molecule has 1 fully saturated rings. The first-order valence-corrected chi connectivity index (χ1v) is 34.0. The predicted molar refractivity (Wildman–Crippen MR) is 354 cm³/mol. The van der Waals surface area contributed by atoms with E-state index in [-0.39, 0.29) is 93.1 Å². The van der Waals surface area contributed by atoms with Gasteiger partial charge in [0, 0.05) is 53.5 Å². The lowest BCUT2D eigenvalue weighted by atomic mass is 9.91. The molecule has 534 valence electrons. The second-order valence-electron chi connectivity index (χ2n) is 26.1. The molecule has 0 aliphatic carbocycles. The van der Waals surface area contributed by atoms with Crippen molar-refractivity contribution >= 4 is 82.5 Å². The third-order valence-corrected chi connectivity index (χ3v) is 16.3. The molecule has 0 spiro atoms. The van der Waals surface area contributed by atoms with Crippen LogP contribution in [0.15, 0.2) is 10.8 Å². The molecule has 11 unspecified atom stereocenters. The van der Waals surface area contributed by atoms with Crippen molar-refractivity contribution in [1.29, 1.82) is 0 Å². The van der Waals surface area contributed by atoms with Crippen LogP contribution in [0.1, 0.15) is 150 Å². The summed E-state index contributed by atoms with van der Waals surface area (Å²) in [6.07, 6.45) is -4.86. The van der Waals surface area contributed by atoms with Gasteiger partial charge in [-0.3, -0.25) is 28.8 Å². The fourth-order valence-corrected chi connectivity index (χ4v) is 10.6. The quantitative estimate of drug-likeness (QED) is 0.0410. The normalized spacial score (nSPS) is 16.1. The zero-order chi connectivity index (χ0) is 70.9. The Labute approximate surface area is 561 Å². The minimum Gasteiger partial charge on any atom is -0.453 e. The number of nitrogens with zero attached hydrogens (tertiary/aromatic N) is 2. The highest BCUT2D eigenvalue weighted by molar-refractivity contribution is 7.09. The highest BCUT2D eigenvalue weighted by Gasteiger charge is 2.35. The molecule has 0 radical (unpaired) electrons. The smallest absolute Gasteiger partial charge is 0.408 e. The van der Waals surface area contributed by atoms with E-state index in [9.17, 15) is 58.2 Å². The van der Waals surface area contributed by atoms with Crippen molar-refractivity contribution < 1.29 is 81.8 Å². The van der Waals surface area contributed by atoms with Crippen molar-refractivity contribution in [3.05, 3.63) is 32.2 Å². The minimum absolute atomic E-state index is 0.00426. The Kier molecular flexibility index (Phi) is 38.2. The van der Waals surface area contributed by atoms with Gasteiger partial charge in [0.05, 0.1) is 57.7 Å². The number of hydrogen-bond acceptors (Lipinski definition) is 21. The molecule has 29 nitrogen and oxygen atoms in total. The van der Waals surface area contributed by atoms with Crippen molar-refractivity contribution in [2.24, 2.45) is 47.3 Å². The number of nitrogens with one attached hydrogen (secondary N) is 10. The average Bonchev–Trinajstić information content (AvgIpc) is 2.18. The van der Waals surface area contributed by atoms with Gasteiger partial charge >= 0.3 is 24.4 Å². The number of aliphatic hydroxyl groups is 2. The van der Waals surface area contributed by atoms with Gasteiger partial charge < -0.3 is 87.1 Å². The molecule has 3 heterocycles. The highest BCUT2D eigenvalue weighted by atomic mass is 32.1. The van der Waals surface area contributed by atoms with Crippen LogP contribution in [0.3, 0.4) is 0 Å². The molecular weight excluding hydrogens is 1260 g/mol. The highest BCUT2D eigenvalue weighted by Crippen LogP contribution is 2.20. The molecule has 31 heteroatoms. The molecular formula is C63H108N12O17S2. The number of aromatic nitrogens is 2. The van der Waals surface area contributed by atoms with Crippen LogP contribution >= 0.6 is 22.7 Å². The Morgan fingerprint density at radius 1 is 0.500 bits per heavy atom. The van der Waals surface area contributed by atoms with E-state index in [0.29, 0.717) is 49.0 Å². The number of carbonyl (C=O) groups is 10. The van der Waals surface area contributed by atoms with Crippen LogP contribution < -0.4 is 53.2 Å². The van der Waals surface area contributed by atoms with E-state index in [2.05, 4.69) is 67.9 Å². The lowest BCUT2D eigenvalue weighted by molar-refractivity contribution is -0.132. The third kappa shape index (κ3) is 33.4. The number of rotatable bonds is 37. The van der Waals surface area contributed by atoms with Crippen LogP contribution in [0.25, 0.3) is 0 Å². The van der Waals surface area contributed by atoms with Gasteiger partial charge in [0.25, 0.3) is 0 Å². The second kappa shape index (κ2) is 43.2. The predicted octanol–water partition coefficient (Wildman–Crippen LogP) is 4.63. The van der Waals surface area contributed by atoms with Gasteiger partial charge in [0.2, 0.25) is 35.4 Å². The monoisotopic (exact) mass is 1370 g/mol. The molecule has 0 aromatic carbocycles. The first-order chi connectivity index (χ1) is 44.1. The molecule has 0 bridgehead atoms. The van der Waals surface area contributed by atoms with Crippen molar-refractivity contribution in [3.8, 4) is 0 Å². The number of amides is 10. The summed E-state index contributed by atoms with van der Waals surface area (Å²) in [6.45, 7) is 30.7. The van der Waals surface area contributed by atoms with Gasteiger partial charge in [-0.15, -0.1) is 22.7 Å². The zero-order valence-electron chi connectivity index (χ0n) is 57.9. The van der Waals surface area contributed by atoms with Gasteiger partial charge in [-0.2, -0.15) is 0 Å². The van der Waals surface area contributed by atoms with Crippen LogP contribution in [0, 0.1) is 61.2 Å². The average molecular weight is 1370 g/mol. The summed E-state index contributed by atoms with van der Waals surface area (Å²) >= 11 is 2.64. The Bertz CT molecular complexity index is 2690. The van der Waals surface area contributed by atoms with Crippen LogP contribution in [0.2, 0.25) is 0 Å². The van der Waals surface area contributed by atoms with Crippen LogP contribution in [-0.2, 0) is 65.7 Å². The maximum Gasteiger partial charge on any atom is 0.408 e. The van der Waals surface area contributed by atoms with E-state index in [1.54, 1.807) is 13.8 Å². The summed E-state index contributed by atoms with van der Waals surface area (Å²) in [7, 11) is 1.16. The Hall–Kier alpha value is -6.96. The summed E-state index contributed by atoms with van der Waals surface area (Å²) in [5.74, 6) is -3.84. The molecule has 10 amide bonds. The number of carbonyl (C=O) groups excluding carboxylic acids is 10. The minimum atomic E-state index is -1.29. The zero-order valence-corrected chi connectivity index (χ0v) is 59.5. The largest absolute Gasteiger partial charge is 0.453 e. The number of ether oxygens (including phenoxy) is 5. The number of hydrogen-bond donors (Lipinski definition) is 12. The van der Waals surface area contributed by atoms with Crippen LogP contribution in [0.4, 0.5) is 19.2 Å². The van der Waals surface area contributed by atoms with Crippen molar-refractivity contribution in [1.82, 2.24) is 63.1 Å². The lowest BCUT2D eigenvalue weighted by Gasteiger charge is -2.30. The van der Waals surface area contributed by atoms with Gasteiger partial charge in [-0.1, -0.05) is 96.9 Å². The summed E-state index contributed by atoms with van der Waals surface area (Å²) in [5.41, 5.74) is 1.57. The van der Waals surface area contributed by atoms with Gasteiger partial charge in [-0.05, 0) is 75.0 Å². The summed E-state index contributed by atoms with van der Waals surface area (Å²) < 4.78 is 25.6. The number of aliphatic hydroxyl groups excluding tert-OH is 2. The molecule has 12 N–H and O–H groups in total. The van der Waals surface area contributed by atoms with Crippen molar-refractivity contribution in [2.75, 3.05) is 46.5 Å². The first-order valence-electron chi connectivity index (χ1n) is 32.2. The third-order valence-electron chi connectivity index (χ3n) is 14.4. The topological polar surface area (TPSA) is 403 Å². The summed E-state index contributed by atoms with van der Waals surface area (Å²) in [4.78, 5) is 136. The number of methoxy groups -OCH3 is 1. The Balaban J connectivity index is 0.000000643. The van der Waals surface area contributed by atoms with Crippen LogP contribution in [-0.4, -0.2) is 181 Å². The van der Waals surface area contributed by atoms with E-state index in [1.807, 2.05) is 108 Å². The summed E-state index contributed by atoms with van der Waals surface area (Å²) in [5, 5.41) is 53.9. The van der Waals surface area contributed by atoms with E-state index in [0.717, 1.165) is 18.5 Å².